The predicted octanol–water partition coefficient (Wildman–Crippen LogP) is 2.67. The summed E-state index contributed by atoms with van der Waals surface area (Å²) in [5, 5.41) is 0. The minimum Gasteiger partial charge on any atom is -0.303 e. The lowest BCUT2D eigenvalue weighted by molar-refractivity contribution is 0.211. The lowest BCUT2D eigenvalue weighted by Crippen LogP contribution is -2.33. The van der Waals surface area contributed by atoms with E-state index in [1.165, 1.54) is 44.6 Å². The SMILES string of the molecule is CCCN1CCC(c2ccccn2)CC1. The molecule has 0 atom stereocenters. The summed E-state index contributed by atoms with van der Waals surface area (Å²) < 4.78 is 0. The Bertz CT molecular complexity index is 276. The molecule has 1 saturated heterocycles. The maximum atomic E-state index is 4.45. The highest BCUT2D eigenvalue weighted by atomic mass is 15.1. The Balaban J connectivity index is 1.88. The number of likely N-dealkylation sites (tertiary alicyclic amines) is 1. The summed E-state index contributed by atoms with van der Waals surface area (Å²) >= 11 is 0. The summed E-state index contributed by atoms with van der Waals surface area (Å²) in [6.07, 6.45) is 5.73. The van der Waals surface area contributed by atoms with Crippen LogP contribution in [0.5, 0.6) is 0 Å². The van der Waals surface area contributed by atoms with Gasteiger partial charge in [0.1, 0.15) is 0 Å². The molecule has 0 amide bonds. The van der Waals surface area contributed by atoms with Crippen molar-refractivity contribution < 1.29 is 0 Å². The predicted molar refractivity (Wildman–Crippen MR) is 62.9 cm³/mol. The first-order valence-corrected chi connectivity index (χ1v) is 6.03. The number of hydrogen-bond acceptors (Lipinski definition) is 2. The standard InChI is InChI=1S/C13H20N2/c1-2-9-15-10-6-12(7-11-15)13-5-3-4-8-14-13/h3-5,8,12H,2,6-7,9-11H2,1H3. The van der Waals surface area contributed by atoms with Crippen LogP contribution in [0.3, 0.4) is 0 Å². The van der Waals surface area contributed by atoms with Crippen LogP contribution in [0.15, 0.2) is 24.4 Å². The first-order chi connectivity index (χ1) is 7.40. The average Bonchev–Trinajstić information content (AvgIpc) is 2.32. The highest BCUT2D eigenvalue weighted by molar-refractivity contribution is 5.10. The van der Waals surface area contributed by atoms with Crippen LogP contribution < -0.4 is 0 Å². The van der Waals surface area contributed by atoms with E-state index >= 15 is 0 Å². The van der Waals surface area contributed by atoms with E-state index < -0.39 is 0 Å². The molecular formula is C13H20N2. The van der Waals surface area contributed by atoms with Gasteiger partial charge in [-0.1, -0.05) is 13.0 Å². The fourth-order valence-corrected chi connectivity index (χ4v) is 2.39. The zero-order valence-corrected chi connectivity index (χ0v) is 9.52. The Kier molecular flexibility index (Phi) is 3.73. The molecular weight excluding hydrogens is 184 g/mol. The molecule has 1 aliphatic rings. The van der Waals surface area contributed by atoms with Gasteiger partial charge in [0.05, 0.1) is 0 Å². The molecule has 2 heterocycles. The molecule has 0 N–H and O–H groups in total. The molecule has 1 fully saturated rings. The van der Waals surface area contributed by atoms with Crippen molar-refractivity contribution in [2.45, 2.75) is 32.1 Å². The van der Waals surface area contributed by atoms with Gasteiger partial charge in [-0.2, -0.15) is 0 Å². The van der Waals surface area contributed by atoms with Crippen LogP contribution >= 0.6 is 0 Å². The van der Waals surface area contributed by atoms with Crippen molar-refractivity contribution in [3.63, 3.8) is 0 Å². The van der Waals surface area contributed by atoms with Gasteiger partial charge in [-0.3, -0.25) is 4.98 Å². The van der Waals surface area contributed by atoms with Crippen molar-refractivity contribution in [1.82, 2.24) is 9.88 Å². The van der Waals surface area contributed by atoms with Crippen molar-refractivity contribution in [2.24, 2.45) is 0 Å². The van der Waals surface area contributed by atoms with E-state index in [2.05, 4.69) is 28.9 Å². The highest BCUT2D eigenvalue weighted by Gasteiger charge is 2.20. The molecule has 0 radical (unpaired) electrons. The molecule has 2 nitrogen and oxygen atoms in total. The Labute approximate surface area is 92.3 Å². The van der Waals surface area contributed by atoms with Gasteiger partial charge >= 0.3 is 0 Å². The van der Waals surface area contributed by atoms with Gasteiger partial charge in [0.25, 0.3) is 0 Å². The van der Waals surface area contributed by atoms with E-state index in [1.54, 1.807) is 0 Å². The first kappa shape index (κ1) is 10.6. The van der Waals surface area contributed by atoms with Crippen LogP contribution in [-0.4, -0.2) is 29.5 Å². The normalized spacial score (nSPS) is 19.3. The highest BCUT2D eigenvalue weighted by Crippen LogP contribution is 2.26. The molecule has 0 aromatic carbocycles. The van der Waals surface area contributed by atoms with E-state index in [4.69, 9.17) is 0 Å². The van der Waals surface area contributed by atoms with E-state index in [-0.39, 0.29) is 0 Å². The lowest BCUT2D eigenvalue weighted by atomic mass is 9.93. The number of aromatic nitrogens is 1. The summed E-state index contributed by atoms with van der Waals surface area (Å²) in [5.74, 6) is 0.694. The van der Waals surface area contributed by atoms with E-state index in [0.29, 0.717) is 5.92 Å². The van der Waals surface area contributed by atoms with Crippen molar-refractivity contribution in [1.29, 1.82) is 0 Å². The molecule has 2 heteroatoms. The molecule has 0 bridgehead atoms. The van der Waals surface area contributed by atoms with Gasteiger partial charge in [-0.25, -0.2) is 0 Å². The summed E-state index contributed by atoms with van der Waals surface area (Å²) in [4.78, 5) is 7.02. The van der Waals surface area contributed by atoms with Gasteiger partial charge in [-0.05, 0) is 51.0 Å². The second-order valence-corrected chi connectivity index (χ2v) is 4.37. The zero-order chi connectivity index (χ0) is 10.5. The third kappa shape index (κ3) is 2.78. The molecule has 1 aromatic heterocycles. The van der Waals surface area contributed by atoms with Crippen LogP contribution in [0, 0.1) is 0 Å². The van der Waals surface area contributed by atoms with E-state index in [0.717, 1.165) is 0 Å². The molecule has 0 unspecified atom stereocenters. The number of pyridine rings is 1. The van der Waals surface area contributed by atoms with Crippen LogP contribution in [0.1, 0.15) is 37.8 Å². The first-order valence-electron chi connectivity index (χ1n) is 6.03. The molecule has 0 saturated carbocycles. The van der Waals surface area contributed by atoms with Crippen LogP contribution in [0.25, 0.3) is 0 Å². The third-order valence-electron chi connectivity index (χ3n) is 3.23. The van der Waals surface area contributed by atoms with Crippen LogP contribution in [0.2, 0.25) is 0 Å². The number of nitrogens with zero attached hydrogens (tertiary/aromatic N) is 2. The van der Waals surface area contributed by atoms with Crippen molar-refractivity contribution in [3.8, 4) is 0 Å². The van der Waals surface area contributed by atoms with Gasteiger partial charge < -0.3 is 4.90 Å². The fourth-order valence-electron chi connectivity index (χ4n) is 2.39. The molecule has 1 aliphatic heterocycles. The Hall–Kier alpha value is -0.890. The van der Waals surface area contributed by atoms with Gasteiger partial charge in [-0.15, -0.1) is 0 Å². The molecule has 15 heavy (non-hydrogen) atoms. The lowest BCUT2D eigenvalue weighted by Gasteiger charge is -2.31. The quantitative estimate of drug-likeness (QED) is 0.752. The number of rotatable bonds is 3. The maximum absolute atomic E-state index is 4.45. The molecule has 0 spiro atoms. The van der Waals surface area contributed by atoms with Crippen LogP contribution in [0.4, 0.5) is 0 Å². The number of piperidine rings is 1. The van der Waals surface area contributed by atoms with Gasteiger partial charge in [0.15, 0.2) is 0 Å². The summed E-state index contributed by atoms with van der Waals surface area (Å²) in [6, 6.07) is 6.26. The summed E-state index contributed by atoms with van der Waals surface area (Å²) in [6.45, 7) is 6.00. The Morgan fingerprint density at radius 2 is 2.13 bits per heavy atom. The van der Waals surface area contributed by atoms with Gasteiger partial charge in [0.2, 0.25) is 0 Å². The third-order valence-corrected chi connectivity index (χ3v) is 3.23. The Morgan fingerprint density at radius 3 is 2.73 bits per heavy atom. The fraction of sp³-hybridized carbons (Fsp3) is 0.615. The molecule has 82 valence electrons. The molecule has 0 aliphatic carbocycles. The monoisotopic (exact) mass is 204 g/mol. The average molecular weight is 204 g/mol. The van der Waals surface area contributed by atoms with Crippen molar-refractivity contribution >= 4 is 0 Å². The second kappa shape index (κ2) is 5.26. The van der Waals surface area contributed by atoms with Gasteiger partial charge in [0, 0.05) is 17.8 Å². The van der Waals surface area contributed by atoms with Crippen LogP contribution in [-0.2, 0) is 0 Å². The van der Waals surface area contributed by atoms with E-state index in [9.17, 15) is 0 Å². The molecule has 1 aromatic rings. The zero-order valence-electron chi connectivity index (χ0n) is 9.52. The van der Waals surface area contributed by atoms with E-state index in [1.807, 2.05) is 12.3 Å². The minimum absolute atomic E-state index is 0.694. The summed E-state index contributed by atoms with van der Waals surface area (Å²) in [5.41, 5.74) is 1.29. The second-order valence-electron chi connectivity index (χ2n) is 4.37. The van der Waals surface area contributed by atoms with Crippen molar-refractivity contribution in [2.75, 3.05) is 19.6 Å². The Morgan fingerprint density at radius 1 is 1.33 bits per heavy atom. The minimum atomic E-state index is 0.694. The molecule has 2 rings (SSSR count). The topological polar surface area (TPSA) is 16.1 Å². The largest absolute Gasteiger partial charge is 0.303 e. The maximum Gasteiger partial charge on any atom is 0.0435 e. The smallest absolute Gasteiger partial charge is 0.0435 e. The summed E-state index contributed by atoms with van der Waals surface area (Å²) in [7, 11) is 0. The van der Waals surface area contributed by atoms with Crippen molar-refractivity contribution in [3.05, 3.63) is 30.1 Å². The number of hydrogen-bond donors (Lipinski definition) is 0.